The third kappa shape index (κ3) is 2.71. The van der Waals surface area contributed by atoms with Crippen LogP contribution in [-0.4, -0.2) is 23.5 Å². The highest BCUT2D eigenvalue weighted by atomic mass is 32.2. The minimum absolute atomic E-state index is 0.191. The van der Waals surface area contributed by atoms with Gasteiger partial charge < -0.3 is 10.4 Å². The molecular formula is C13H19NOS. The molecule has 1 aromatic rings. The molecule has 0 radical (unpaired) electrons. The second-order valence-corrected chi connectivity index (χ2v) is 5.15. The molecule has 0 spiro atoms. The zero-order valence-electron chi connectivity index (χ0n) is 9.65. The number of para-hydroxylation sites is 1. The SMILES string of the molecule is CSc1ccccc1N[C@@H]1CCCC[C@H]1O. The van der Waals surface area contributed by atoms with Gasteiger partial charge in [-0.15, -0.1) is 11.8 Å². The first kappa shape index (κ1) is 11.8. The number of thioether (sulfide) groups is 1. The molecule has 2 rings (SSSR count). The Balaban J connectivity index is 2.07. The van der Waals surface area contributed by atoms with Gasteiger partial charge in [-0.2, -0.15) is 0 Å². The third-order valence-corrected chi connectivity index (χ3v) is 3.97. The van der Waals surface area contributed by atoms with Crippen LogP contribution in [0.3, 0.4) is 0 Å². The van der Waals surface area contributed by atoms with Gasteiger partial charge >= 0.3 is 0 Å². The lowest BCUT2D eigenvalue weighted by Gasteiger charge is -2.29. The van der Waals surface area contributed by atoms with E-state index in [1.807, 2.05) is 12.1 Å². The number of aliphatic hydroxyl groups is 1. The van der Waals surface area contributed by atoms with Crippen LogP contribution in [0.5, 0.6) is 0 Å². The summed E-state index contributed by atoms with van der Waals surface area (Å²) >= 11 is 1.74. The van der Waals surface area contributed by atoms with Gasteiger partial charge in [0.15, 0.2) is 0 Å². The van der Waals surface area contributed by atoms with Crippen LogP contribution >= 0.6 is 11.8 Å². The van der Waals surface area contributed by atoms with E-state index in [0.717, 1.165) is 24.9 Å². The van der Waals surface area contributed by atoms with E-state index in [9.17, 15) is 5.11 Å². The zero-order chi connectivity index (χ0) is 11.4. The lowest BCUT2D eigenvalue weighted by molar-refractivity contribution is 0.116. The maximum Gasteiger partial charge on any atom is 0.0741 e. The molecule has 16 heavy (non-hydrogen) atoms. The lowest BCUT2D eigenvalue weighted by Crippen LogP contribution is -2.36. The predicted molar refractivity (Wildman–Crippen MR) is 70.1 cm³/mol. The van der Waals surface area contributed by atoms with Crippen molar-refractivity contribution in [2.45, 2.75) is 42.7 Å². The minimum Gasteiger partial charge on any atom is -0.391 e. The topological polar surface area (TPSA) is 32.3 Å². The van der Waals surface area contributed by atoms with E-state index < -0.39 is 0 Å². The van der Waals surface area contributed by atoms with Crippen LogP contribution < -0.4 is 5.32 Å². The molecule has 0 aromatic heterocycles. The molecule has 0 amide bonds. The average Bonchev–Trinajstić information content (AvgIpc) is 2.33. The van der Waals surface area contributed by atoms with Crippen LogP contribution in [0.4, 0.5) is 5.69 Å². The van der Waals surface area contributed by atoms with Crippen LogP contribution in [0.2, 0.25) is 0 Å². The summed E-state index contributed by atoms with van der Waals surface area (Å²) in [6, 6.07) is 8.52. The Hall–Kier alpha value is -0.670. The molecule has 88 valence electrons. The summed E-state index contributed by atoms with van der Waals surface area (Å²) in [6.45, 7) is 0. The molecule has 0 unspecified atom stereocenters. The Bertz CT molecular complexity index is 342. The molecule has 1 saturated carbocycles. The molecule has 2 atom stereocenters. The first-order valence-corrected chi connectivity index (χ1v) is 7.11. The maximum atomic E-state index is 9.92. The number of hydrogen-bond acceptors (Lipinski definition) is 3. The van der Waals surface area contributed by atoms with Crippen molar-refractivity contribution in [3.8, 4) is 0 Å². The highest BCUT2D eigenvalue weighted by Gasteiger charge is 2.23. The van der Waals surface area contributed by atoms with Crippen LogP contribution in [-0.2, 0) is 0 Å². The van der Waals surface area contributed by atoms with Crippen molar-refractivity contribution in [3.63, 3.8) is 0 Å². The number of anilines is 1. The van der Waals surface area contributed by atoms with Gasteiger partial charge in [-0.1, -0.05) is 25.0 Å². The Kier molecular flexibility index (Phi) is 4.13. The number of rotatable bonds is 3. The molecule has 0 bridgehead atoms. The minimum atomic E-state index is -0.191. The van der Waals surface area contributed by atoms with Gasteiger partial charge in [0.2, 0.25) is 0 Å². The van der Waals surface area contributed by atoms with Gasteiger partial charge in [0.1, 0.15) is 0 Å². The van der Waals surface area contributed by atoms with Crippen LogP contribution in [0.25, 0.3) is 0 Å². The zero-order valence-corrected chi connectivity index (χ0v) is 10.5. The van der Waals surface area contributed by atoms with Gasteiger partial charge in [0.25, 0.3) is 0 Å². The van der Waals surface area contributed by atoms with E-state index in [1.165, 1.54) is 11.3 Å². The van der Waals surface area contributed by atoms with Crippen molar-refractivity contribution in [2.24, 2.45) is 0 Å². The van der Waals surface area contributed by atoms with Crippen LogP contribution in [0, 0.1) is 0 Å². The molecule has 2 nitrogen and oxygen atoms in total. The predicted octanol–water partition coefficient (Wildman–Crippen LogP) is 3.12. The molecule has 1 aliphatic rings. The fourth-order valence-electron chi connectivity index (χ4n) is 2.24. The molecule has 1 aromatic carbocycles. The summed E-state index contributed by atoms with van der Waals surface area (Å²) in [5.41, 5.74) is 1.15. The fourth-order valence-corrected chi connectivity index (χ4v) is 2.80. The van der Waals surface area contributed by atoms with Gasteiger partial charge in [-0.3, -0.25) is 0 Å². The highest BCUT2D eigenvalue weighted by molar-refractivity contribution is 7.98. The molecule has 0 heterocycles. The van der Waals surface area contributed by atoms with Gasteiger partial charge in [0, 0.05) is 10.6 Å². The molecular weight excluding hydrogens is 218 g/mol. The summed E-state index contributed by atoms with van der Waals surface area (Å²) in [5.74, 6) is 0. The van der Waals surface area contributed by atoms with Gasteiger partial charge in [-0.25, -0.2) is 0 Å². The Morgan fingerprint density at radius 3 is 2.75 bits per heavy atom. The first-order chi connectivity index (χ1) is 7.81. The summed E-state index contributed by atoms with van der Waals surface area (Å²) in [7, 11) is 0. The fraction of sp³-hybridized carbons (Fsp3) is 0.538. The normalized spacial score (nSPS) is 25.4. The number of aliphatic hydroxyl groups excluding tert-OH is 1. The average molecular weight is 237 g/mol. The molecule has 1 fully saturated rings. The Morgan fingerprint density at radius 2 is 2.00 bits per heavy atom. The Labute approximate surface area is 101 Å². The van der Waals surface area contributed by atoms with Crippen LogP contribution in [0.15, 0.2) is 29.2 Å². The molecule has 2 N–H and O–H groups in total. The lowest BCUT2D eigenvalue weighted by atomic mass is 9.92. The van der Waals surface area contributed by atoms with E-state index in [0.29, 0.717) is 0 Å². The van der Waals surface area contributed by atoms with Crippen molar-refractivity contribution >= 4 is 17.4 Å². The van der Waals surface area contributed by atoms with Crippen LogP contribution in [0.1, 0.15) is 25.7 Å². The van der Waals surface area contributed by atoms with Crippen molar-refractivity contribution in [3.05, 3.63) is 24.3 Å². The van der Waals surface area contributed by atoms with Crippen molar-refractivity contribution < 1.29 is 5.11 Å². The van der Waals surface area contributed by atoms with E-state index in [-0.39, 0.29) is 12.1 Å². The standard InChI is InChI=1S/C13H19NOS/c1-16-13-9-5-3-7-11(13)14-10-6-2-4-8-12(10)15/h3,5,7,9-10,12,14-15H,2,4,6,8H2,1H3/t10-,12-/m1/s1. The monoisotopic (exact) mass is 237 g/mol. The highest BCUT2D eigenvalue weighted by Crippen LogP contribution is 2.28. The largest absolute Gasteiger partial charge is 0.391 e. The van der Waals surface area contributed by atoms with Crippen molar-refractivity contribution in [1.29, 1.82) is 0 Å². The Morgan fingerprint density at radius 1 is 1.25 bits per heavy atom. The van der Waals surface area contributed by atoms with E-state index >= 15 is 0 Å². The summed E-state index contributed by atoms with van der Waals surface area (Å²) in [4.78, 5) is 1.25. The van der Waals surface area contributed by atoms with Crippen molar-refractivity contribution in [2.75, 3.05) is 11.6 Å². The number of benzene rings is 1. The van der Waals surface area contributed by atoms with Crippen molar-refractivity contribution in [1.82, 2.24) is 0 Å². The molecule has 0 aliphatic heterocycles. The summed E-state index contributed by atoms with van der Waals surface area (Å²) in [6.07, 6.45) is 6.27. The maximum absolute atomic E-state index is 9.92. The second-order valence-electron chi connectivity index (χ2n) is 4.30. The number of nitrogens with one attached hydrogen (secondary N) is 1. The van der Waals surface area contributed by atoms with E-state index in [4.69, 9.17) is 0 Å². The van der Waals surface area contributed by atoms with Gasteiger partial charge in [0.05, 0.1) is 12.1 Å². The van der Waals surface area contributed by atoms with Gasteiger partial charge in [-0.05, 0) is 31.2 Å². The molecule has 1 aliphatic carbocycles. The summed E-state index contributed by atoms with van der Waals surface area (Å²) in [5, 5.41) is 13.4. The smallest absolute Gasteiger partial charge is 0.0741 e. The van der Waals surface area contributed by atoms with E-state index in [1.54, 1.807) is 11.8 Å². The number of hydrogen-bond donors (Lipinski definition) is 2. The molecule has 0 saturated heterocycles. The van der Waals surface area contributed by atoms with E-state index in [2.05, 4.69) is 23.7 Å². The quantitative estimate of drug-likeness (QED) is 0.792. The molecule has 3 heteroatoms. The second kappa shape index (κ2) is 5.60. The third-order valence-electron chi connectivity index (χ3n) is 3.18. The first-order valence-electron chi connectivity index (χ1n) is 5.89. The summed E-state index contributed by atoms with van der Waals surface area (Å²) < 4.78 is 0.